The summed E-state index contributed by atoms with van der Waals surface area (Å²) in [5.74, 6) is 0.778. The summed E-state index contributed by atoms with van der Waals surface area (Å²) in [5.41, 5.74) is 0.835. The maximum absolute atomic E-state index is 12.7. The second-order valence-electron chi connectivity index (χ2n) is 6.80. The van der Waals surface area contributed by atoms with Crippen LogP contribution in [0.15, 0.2) is 60.9 Å². The van der Waals surface area contributed by atoms with Gasteiger partial charge in [-0.2, -0.15) is 0 Å². The normalized spacial score (nSPS) is 16.3. The third-order valence-electron chi connectivity index (χ3n) is 5.09. The number of fused-ring (bicyclic) bond motifs is 1. The molecule has 6 nitrogen and oxygen atoms in total. The van der Waals surface area contributed by atoms with Crippen LogP contribution in [0.3, 0.4) is 0 Å². The van der Waals surface area contributed by atoms with E-state index in [1.54, 1.807) is 12.4 Å². The Kier molecular flexibility index (Phi) is 4.98. The average Bonchev–Trinajstić information content (AvgIpc) is 2.74. The van der Waals surface area contributed by atoms with Gasteiger partial charge in [-0.05, 0) is 35.9 Å². The number of nitrogens with zero attached hydrogens (tertiary/aromatic N) is 4. The van der Waals surface area contributed by atoms with Gasteiger partial charge in [-0.25, -0.2) is 9.97 Å². The van der Waals surface area contributed by atoms with Gasteiger partial charge in [-0.1, -0.05) is 30.3 Å². The van der Waals surface area contributed by atoms with E-state index in [-0.39, 0.29) is 11.9 Å². The van der Waals surface area contributed by atoms with E-state index in [1.165, 1.54) is 5.39 Å². The molecule has 138 valence electrons. The fraction of sp³-hybridized carbons (Fsp3) is 0.286. The van der Waals surface area contributed by atoms with Crippen molar-refractivity contribution in [2.24, 2.45) is 0 Å². The maximum atomic E-state index is 12.7. The van der Waals surface area contributed by atoms with Gasteiger partial charge in [0.05, 0.1) is 6.04 Å². The molecule has 27 heavy (non-hydrogen) atoms. The Balaban J connectivity index is 1.36. The minimum Gasteiger partial charge on any atom is -0.338 e. The monoisotopic (exact) mass is 361 g/mol. The number of amides is 1. The smallest absolute Gasteiger partial charge is 0.241 e. The summed E-state index contributed by atoms with van der Waals surface area (Å²) in [7, 11) is 0. The second-order valence-corrected chi connectivity index (χ2v) is 6.80. The molecule has 2 heterocycles. The predicted octanol–water partition coefficient (Wildman–Crippen LogP) is 2.78. The Morgan fingerprint density at radius 1 is 0.963 bits per heavy atom. The molecule has 1 atom stereocenters. The third kappa shape index (κ3) is 3.90. The molecule has 1 saturated heterocycles. The molecular formula is C21H23N5O. The quantitative estimate of drug-likeness (QED) is 0.774. The van der Waals surface area contributed by atoms with Crippen molar-refractivity contribution in [2.45, 2.75) is 13.0 Å². The minimum absolute atomic E-state index is 0.0229. The highest BCUT2D eigenvalue weighted by Gasteiger charge is 2.26. The van der Waals surface area contributed by atoms with Gasteiger partial charge in [0.15, 0.2) is 0 Å². The summed E-state index contributed by atoms with van der Waals surface area (Å²) >= 11 is 0. The number of benzene rings is 2. The molecule has 4 rings (SSSR count). The first-order valence-corrected chi connectivity index (χ1v) is 9.26. The number of aromatic nitrogens is 2. The third-order valence-corrected chi connectivity index (χ3v) is 5.09. The number of hydrogen-bond acceptors (Lipinski definition) is 5. The van der Waals surface area contributed by atoms with Crippen LogP contribution in [0.2, 0.25) is 0 Å². The molecule has 1 N–H and O–H groups in total. The Bertz CT molecular complexity index is 922. The number of nitrogens with one attached hydrogen (secondary N) is 1. The van der Waals surface area contributed by atoms with E-state index in [2.05, 4.69) is 37.2 Å². The van der Waals surface area contributed by atoms with Gasteiger partial charge in [0.1, 0.15) is 0 Å². The van der Waals surface area contributed by atoms with Crippen molar-refractivity contribution in [1.82, 2.24) is 14.9 Å². The number of carbonyl (C=O) groups is 1. The van der Waals surface area contributed by atoms with E-state index < -0.39 is 0 Å². The Morgan fingerprint density at radius 3 is 2.41 bits per heavy atom. The lowest BCUT2D eigenvalue weighted by Crippen LogP contribution is -2.53. The van der Waals surface area contributed by atoms with Crippen LogP contribution >= 0.6 is 0 Å². The molecule has 1 aliphatic heterocycles. The van der Waals surface area contributed by atoms with Crippen molar-refractivity contribution in [3.8, 4) is 0 Å². The molecule has 6 heteroatoms. The highest BCUT2D eigenvalue weighted by molar-refractivity contribution is 5.97. The zero-order valence-corrected chi connectivity index (χ0v) is 15.4. The zero-order valence-electron chi connectivity index (χ0n) is 15.4. The fourth-order valence-corrected chi connectivity index (χ4v) is 3.44. The van der Waals surface area contributed by atoms with Crippen molar-refractivity contribution in [1.29, 1.82) is 0 Å². The molecule has 0 aliphatic carbocycles. The SMILES string of the molecule is C[C@H](C(=O)Nc1ccc2ccccc2c1)N1CCN(c2ncccn2)CC1. The molecule has 1 aliphatic rings. The lowest BCUT2D eigenvalue weighted by atomic mass is 10.1. The van der Waals surface area contributed by atoms with Crippen LogP contribution in [0.1, 0.15) is 6.92 Å². The predicted molar refractivity (Wildman–Crippen MR) is 108 cm³/mol. The van der Waals surface area contributed by atoms with Crippen LogP contribution in [-0.2, 0) is 4.79 Å². The molecule has 0 spiro atoms. The molecule has 0 saturated carbocycles. The largest absolute Gasteiger partial charge is 0.338 e. The molecule has 0 bridgehead atoms. The second kappa shape index (κ2) is 7.72. The first-order valence-electron chi connectivity index (χ1n) is 9.26. The summed E-state index contributed by atoms with van der Waals surface area (Å²) in [4.78, 5) is 25.7. The molecule has 3 aromatic rings. The van der Waals surface area contributed by atoms with Gasteiger partial charge in [-0.15, -0.1) is 0 Å². The average molecular weight is 361 g/mol. The van der Waals surface area contributed by atoms with Crippen LogP contribution in [0.25, 0.3) is 10.8 Å². The van der Waals surface area contributed by atoms with Crippen molar-refractivity contribution >= 4 is 28.3 Å². The topological polar surface area (TPSA) is 61.4 Å². The van der Waals surface area contributed by atoms with Crippen molar-refractivity contribution in [3.05, 3.63) is 60.9 Å². The lowest BCUT2D eigenvalue weighted by molar-refractivity contribution is -0.120. The molecule has 0 unspecified atom stereocenters. The molecule has 1 aromatic heterocycles. The summed E-state index contributed by atoms with van der Waals surface area (Å²) < 4.78 is 0. The number of piperazine rings is 1. The van der Waals surface area contributed by atoms with Gasteiger partial charge in [0.2, 0.25) is 11.9 Å². The molecule has 1 amide bonds. The van der Waals surface area contributed by atoms with Crippen LogP contribution in [0.5, 0.6) is 0 Å². The summed E-state index contributed by atoms with van der Waals surface area (Å²) in [6.07, 6.45) is 3.52. The van der Waals surface area contributed by atoms with Crippen molar-refractivity contribution < 1.29 is 4.79 Å². The van der Waals surface area contributed by atoms with E-state index >= 15 is 0 Å². The van der Waals surface area contributed by atoms with Crippen molar-refractivity contribution in [3.63, 3.8) is 0 Å². The molecular weight excluding hydrogens is 338 g/mol. The zero-order chi connectivity index (χ0) is 18.6. The maximum Gasteiger partial charge on any atom is 0.241 e. The lowest BCUT2D eigenvalue weighted by Gasteiger charge is -2.37. The van der Waals surface area contributed by atoms with Gasteiger partial charge in [0.25, 0.3) is 0 Å². The van der Waals surface area contributed by atoms with Gasteiger partial charge in [0, 0.05) is 44.3 Å². The van der Waals surface area contributed by atoms with E-state index in [9.17, 15) is 4.79 Å². The summed E-state index contributed by atoms with van der Waals surface area (Å²) in [5, 5.41) is 5.35. The molecule has 0 radical (unpaired) electrons. The highest BCUT2D eigenvalue weighted by Crippen LogP contribution is 2.19. The number of rotatable bonds is 4. The minimum atomic E-state index is -0.185. The molecule has 2 aromatic carbocycles. The summed E-state index contributed by atoms with van der Waals surface area (Å²) in [6, 6.07) is 15.8. The fourth-order valence-electron chi connectivity index (χ4n) is 3.44. The number of carbonyl (C=O) groups excluding carboxylic acids is 1. The number of hydrogen-bond donors (Lipinski definition) is 1. The molecule has 1 fully saturated rings. The Labute approximate surface area is 158 Å². The van der Waals surface area contributed by atoms with Gasteiger partial charge >= 0.3 is 0 Å². The Hall–Kier alpha value is -2.99. The number of anilines is 2. The highest BCUT2D eigenvalue weighted by atomic mass is 16.2. The van der Waals surface area contributed by atoms with E-state index in [4.69, 9.17) is 0 Å². The van der Waals surface area contributed by atoms with Gasteiger partial charge < -0.3 is 10.2 Å². The standard InChI is InChI=1S/C21H23N5O/c1-16(25-11-13-26(14-12-25)21-22-9-4-10-23-21)20(27)24-19-8-7-17-5-2-3-6-18(17)15-19/h2-10,15-16H,11-14H2,1H3,(H,24,27)/t16-/m1/s1. The van der Waals surface area contributed by atoms with Crippen LogP contribution < -0.4 is 10.2 Å². The van der Waals surface area contributed by atoms with Crippen LogP contribution in [-0.4, -0.2) is 53.0 Å². The van der Waals surface area contributed by atoms with Crippen LogP contribution in [0, 0.1) is 0 Å². The first kappa shape index (κ1) is 17.4. The van der Waals surface area contributed by atoms with Crippen molar-refractivity contribution in [2.75, 3.05) is 36.4 Å². The first-order chi connectivity index (χ1) is 13.2. The van der Waals surface area contributed by atoms with Gasteiger partial charge in [-0.3, -0.25) is 9.69 Å². The van der Waals surface area contributed by atoms with Crippen LogP contribution in [0.4, 0.5) is 11.6 Å². The van der Waals surface area contributed by atoms with E-state index in [0.717, 1.165) is 43.2 Å². The van der Waals surface area contributed by atoms with E-state index in [1.807, 2.05) is 43.3 Å². The summed E-state index contributed by atoms with van der Waals surface area (Å²) in [6.45, 7) is 5.22. The Morgan fingerprint density at radius 2 is 1.67 bits per heavy atom. The van der Waals surface area contributed by atoms with E-state index in [0.29, 0.717) is 0 Å².